The summed E-state index contributed by atoms with van der Waals surface area (Å²) >= 11 is 0. The fourth-order valence-corrected chi connectivity index (χ4v) is 10.6. The van der Waals surface area contributed by atoms with Crippen molar-refractivity contribution in [3.8, 4) is 0 Å². The average Bonchev–Trinajstić information content (AvgIpc) is 3.05. The van der Waals surface area contributed by atoms with Crippen molar-refractivity contribution in [1.29, 1.82) is 0 Å². The molecule has 5 nitrogen and oxygen atoms in total. The molecule has 0 heterocycles. The minimum absolute atomic E-state index is 0.000592. The second kappa shape index (κ2) is 8.45. The molecule has 0 bridgehead atoms. The SMILES string of the molecule is C[C@H](CCC(=O)O)[C@H]1CCC2C3C(C[C@@H](O)[C@@]21C)[C@@]1(C)CC[C@@H](O)C[C@H]1[C@@H](C(C)(C)C)[C@@]3(C)O. The summed E-state index contributed by atoms with van der Waals surface area (Å²) in [5, 5.41) is 44.2. The zero-order valence-electron chi connectivity index (χ0n) is 22.6. The molecule has 196 valence electrons. The molecule has 4 N–H and O–H groups in total. The van der Waals surface area contributed by atoms with Gasteiger partial charge in [0.05, 0.1) is 17.8 Å². The maximum Gasteiger partial charge on any atom is 0.303 e. The summed E-state index contributed by atoms with van der Waals surface area (Å²) in [6, 6.07) is 0. The number of aliphatic hydroxyl groups excluding tert-OH is 2. The van der Waals surface area contributed by atoms with Crippen LogP contribution in [-0.4, -0.2) is 44.2 Å². The molecule has 4 aliphatic rings. The zero-order valence-corrected chi connectivity index (χ0v) is 22.6. The van der Waals surface area contributed by atoms with E-state index in [0.29, 0.717) is 12.8 Å². The summed E-state index contributed by atoms with van der Waals surface area (Å²) in [7, 11) is 0. The number of rotatable bonds is 4. The zero-order chi connectivity index (χ0) is 25.4. The Bertz CT molecular complexity index is 786. The van der Waals surface area contributed by atoms with E-state index in [4.69, 9.17) is 0 Å². The monoisotopic (exact) mass is 478 g/mol. The van der Waals surface area contributed by atoms with Crippen LogP contribution in [0.3, 0.4) is 0 Å². The molecule has 3 unspecified atom stereocenters. The average molecular weight is 479 g/mol. The molecule has 5 heteroatoms. The highest BCUT2D eigenvalue weighted by Gasteiger charge is 2.71. The van der Waals surface area contributed by atoms with Gasteiger partial charge in [0.25, 0.3) is 0 Å². The van der Waals surface area contributed by atoms with E-state index < -0.39 is 17.7 Å². The molecule has 0 aromatic carbocycles. The van der Waals surface area contributed by atoms with Crippen molar-refractivity contribution < 1.29 is 25.2 Å². The summed E-state index contributed by atoms with van der Waals surface area (Å²) in [6.07, 6.45) is 5.27. The van der Waals surface area contributed by atoms with E-state index in [0.717, 1.165) is 32.1 Å². The number of hydrogen-bond donors (Lipinski definition) is 4. The Morgan fingerprint density at radius 1 is 1.00 bits per heavy atom. The number of hydrogen-bond acceptors (Lipinski definition) is 4. The highest BCUT2D eigenvalue weighted by Crippen LogP contribution is 2.72. The third-order valence-corrected chi connectivity index (χ3v) is 11.8. The molecule has 0 aromatic heterocycles. The lowest BCUT2D eigenvalue weighted by Gasteiger charge is -2.70. The second-order valence-corrected chi connectivity index (χ2v) is 14.6. The minimum Gasteiger partial charge on any atom is -0.481 e. The van der Waals surface area contributed by atoms with Crippen molar-refractivity contribution in [2.75, 3.05) is 0 Å². The van der Waals surface area contributed by atoms with Gasteiger partial charge >= 0.3 is 5.97 Å². The van der Waals surface area contributed by atoms with Gasteiger partial charge in [0.15, 0.2) is 0 Å². The highest BCUT2D eigenvalue weighted by molar-refractivity contribution is 5.66. The van der Waals surface area contributed by atoms with Crippen LogP contribution < -0.4 is 0 Å². The summed E-state index contributed by atoms with van der Waals surface area (Å²) in [5.41, 5.74) is -1.28. The first-order valence-electron chi connectivity index (χ1n) is 13.9. The Kier molecular flexibility index (Phi) is 6.56. The predicted molar refractivity (Wildman–Crippen MR) is 133 cm³/mol. The van der Waals surface area contributed by atoms with Crippen molar-refractivity contribution >= 4 is 5.97 Å². The molecular formula is C29H50O5. The highest BCUT2D eigenvalue weighted by atomic mass is 16.4. The number of carbonyl (C=O) groups is 1. The minimum atomic E-state index is -0.880. The second-order valence-electron chi connectivity index (χ2n) is 14.6. The van der Waals surface area contributed by atoms with Crippen molar-refractivity contribution in [3.05, 3.63) is 0 Å². The largest absolute Gasteiger partial charge is 0.481 e. The number of aliphatic carboxylic acids is 1. The molecule has 0 amide bonds. The molecule has 0 aliphatic heterocycles. The summed E-state index contributed by atoms with van der Waals surface area (Å²) < 4.78 is 0. The van der Waals surface area contributed by atoms with E-state index in [-0.39, 0.29) is 70.2 Å². The molecule has 34 heavy (non-hydrogen) atoms. The van der Waals surface area contributed by atoms with E-state index in [9.17, 15) is 25.2 Å². The number of carboxylic acid groups (broad SMARTS) is 1. The third kappa shape index (κ3) is 3.78. The predicted octanol–water partition coefficient (Wildman–Crippen LogP) is 5.11. The van der Waals surface area contributed by atoms with Gasteiger partial charge < -0.3 is 20.4 Å². The first kappa shape index (κ1) is 26.4. The van der Waals surface area contributed by atoms with Crippen LogP contribution in [0.1, 0.15) is 99.8 Å². The molecule has 4 rings (SSSR count). The van der Waals surface area contributed by atoms with Crippen LogP contribution in [0.2, 0.25) is 0 Å². The van der Waals surface area contributed by atoms with E-state index in [1.807, 2.05) is 0 Å². The van der Waals surface area contributed by atoms with E-state index in [1.165, 1.54) is 0 Å². The van der Waals surface area contributed by atoms with Gasteiger partial charge in [-0.05, 0) is 110 Å². The van der Waals surface area contributed by atoms with Crippen LogP contribution in [0.25, 0.3) is 0 Å². The lowest BCUT2D eigenvalue weighted by atomic mass is 9.36. The summed E-state index contributed by atoms with van der Waals surface area (Å²) in [4.78, 5) is 11.2. The van der Waals surface area contributed by atoms with Gasteiger partial charge in [-0.3, -0.25) is 4.79 Å². The summed E-state index contributed by atoms with van der Waals surface area (Å²) in [6.45, 7) is 15.6. The number of fused-ring (bicyclic) bond motifs is 5. The van der Waals surface area contributed by atoms with Gasteiger partial charge in [-0.1, -0.05) is 41.5 Å². The first-order chi connectivity index (χ1) is 15.6. The normalized spacial score (nSPS) is 51.8. The molecule has 0 saturated heterocycles. The lowest BCUT2D eigenvalue weighted by molar-refractivity contribution is -0.278. The molecule has 4 fully saturated rings. The maximum atomic E-state index is 12.5. The van der Waals surface area contributed by atoms with Crippen molar-refractivity contribution in [3.63, 3.8) is 0 Å². The van der Waals surface area contributed by atoms with Crippen LogP contribution >= 0.6 is 0 Å². The molecule has 4 saturated carbocycles. The van der Waals surface area contributed by atoms with E-state index >= 15 is 0 Å². The van der Waals surface area contributed by atoms with E-state index in [2.05, 4.69) is 48.5 Å². The van der Waals surface area contributed by atoms with Crippen molar-refractivity contribution in [1.82, 2.24) is 0 Å². The molecule has 12 atom stereocenters. The van der Waals surface area contributed by atoms with Gasteiger partial charge in [-0.25, -0.2) is 0 Å². The number of aliphatic hydroxyl groups is 3. The Morgan fingerprint density at radius 2 is 1.65 bits per heavy atom. The Hall–Kier alpha value is -0.650. The quantitative estimate of drug-likeness (QED) is 0.450. The number of carboxylic acids is 1. The fraction of sp³-hybridized carbons (Fsp3) is 0.966. The van der Waals surface area contributed by atoms with Gasteiger partial charge in [0.2, 0.25) is 0 Å². The fourth-order valence-electron chi connectivity index (χ4n) is 10.6. The lowest BCUT2D eigenvalue weighted by Crippen LogP contribution is -2.70. The van der Waals surface area contributed by atoms with Gasteiger partial charge in [-0.2, -0.15) is 0 Å². The van der Waals surface area contributed by atoms with Crippen LogP contribution in [0.5, 0.6) is 0 Å². The Balaban J connectivity index is 1.77. The summed E-state index contributed by atoms with van der Waals surface area (Å²) in [5.74, 6) is 0.631. The van der Waals surface area contributed by atoms with Gasteiger partial charge in [0, 0.05) is 6.42 Å². The van der Waals surface area contributed by atoms with Crippen LogP contribution in [-0.2, 0) is 4.79 Å². The topological polar surface area (TPSA) is 98.0 Å². The smallest absolute Gasteiger partial charge is 0.303 e. The third-order valence-electron chi connectivity index (χ3n) is 11.8. The van der Waals surface area contributed by atoms with Crippen molar-refractivity contribution in [2.45, 2.75) is 118 Å². The first-order valence-corrected chi connectivity index (χ1v) is 13.9. The van der Waals surface area contributed by atoms with Crippen LogP contribution in [0.15, 0.2) is 0 Å². The molecular weight excluding hydrogens is 428 g/mol. The molecule has 4 aliphatic carbocycles. The van der Waals surface area contributed by atoms with Gasteiger partial charge in [0.1, 0.15) is 0 Å². The van der Waals surface area contributed by atoms with Gasteiger partial charge in [-0.15, -0.1) is 0 Å². The van der Waals surface area contributed by atoms with Crippen LogP contribution in [0.4, 0.5) is 0 Å². The Morgan fingerprint density at radius 3 is 2.24 bits per heavy atom. The molecule has 0 spiro atoms. The van der Waals surface area contributed by atoms with Crippen molar-refractivity contribution in [2.24, 2.45) is 57.7 Å². The maximum absolute atomic E-state index is 12.5. The standard InChI is InChI=1S/C29H50O5/c1-16(8-11-23(32)33)18-9-10-19-24-20(15-22(31)28(18,19)6)27(5)13-12-17(30)14-21(27)25(26(2,3)4)29(24,7)34/h16-22,24-25,30-31,34H,8-15H2,1-7H3,(H,32,33)/t16-,17-,18-,19?,20?,21+,22-,24?,25+,27-,28-,29+/m1/s1. The Labute approximate surface area is 206 Å². The van der Waals surface area contributed by atoms with E-state index in [1.54, 1.807) is 0 Å². The van der Waals surface area contributed by atoms with Crippen LogP contribution in [0, 0.1) is 57.7 Å². The molecule has 0 radical (unpaired) electrons. The molecule has 0 aromatic rings.